The Balaban J connectivity index is 2.24. The molecule has 0 atom stereocenters. The molecule has 0 bridgehead atoms. The van der Waals surface area contributed by atoms with Crippen molar-refractivity contribution in [3.63, 3.8) is 0 Å². The Kier molecular flexibility index (Phi) is 8.70. The summed E-state index contributed by atoms with van der Waals surface area (Å²) >= 11 is 0. The van der Waals surface area contributed by atoms with E-state index in [2.05, 4.69) is 17.6 Å². The van der Waals surface area contributed by atoms with Crippen LogP contribution >= 0.6 is 0 Å². The lowest BCUT2D eigenvalue weighted by molar-refractivity contribution is -0.124. The molecule has 4 nitrogen and oxygen atoms in total. The average Bonchev–Trinajstić information content (AvgIpc) is 2.48. The van der Waals surface area contributed by atoms with E-state index < -0.39 is 0 Å². The highest BCUT2D eigenvalue weighted by molar-refractivity contribution is 5.78. The second-order valence-electron chi connectivity index (χ2n) is 6.97. The largest absolute Gasteiger partial charge is 0.484 e. The van der Waals surface area contributed by atoms with E-state index in [4.69, 9.17) is 4.74 Å². The molecule has 1 amide bonds. The minimum atomic E-state index is -0.229. The SMILES string of the molecule is CCCCCCNCc1ccc(OCC(=O)NC(C)(C)C)cc1. The molecule has 0 aliphatic carbocycles. The number of amides is 1. The van der Waals surface area contributed by atoms with E-state index in [0.29, 0.717) is 0 Å². The summed E-state index contributed by atoms with van der Waals surface area (Å²) in [6, 6.07) is 7.91. The van der Waals surface area contributed by atoms with Gasteiger partial charge in [-0.1, -0.05) is 38.3 Å². The van der Waals surface area contributed by atoms with E-state index >= 15 is 0 Å². The van der Waals surface area contributed by atoms with Crippen LogP contribution in [-0.4, -0.2) is 24.6 Å². The van der Waals surface area contributed by atoms with Crippen molar-refractivity contribution in [2.75, 3.05) is 13.2 Å². The molecule has 23 heavy (non-hydrogen) atoms. The van der Waals surface area contributed by atoms with Gasteiger partial charge in [0.2, 0.25) is 0 Å². The Morgan fingerprint density at radius 2 is 1.78 bits per heavy atom. The third kappa shape index (κ3) is 9.95. The van der Waals surface area contributed by atoms with Crippen LogP contribution in [0, 0.1) is 0 Å². The molecule has 0 aliphatic heterocycles. The van der Waals surface area contributed by atoms with Crippen molar-refractivity contribution in [2.24, 2.45) is 0 Å². The van der Waals surface area contributed by atoms with Crippen LogP contribution in [0.2, 0.25) is 0 Å². The summed E-state index contributed by atoms with van der Waals surface area (Å²) in [5.74, 6) is 0.621. The zero-order valence-corrected chi connectivity index (χ0v) is 15.1. The van der Waals surface area contributed by atoms with Crippen LogP contribution in [0.1, 0.15) is 58.9 Å². The monoisotopic (exact) mass is 320 g/mol. The van der Waals surface area contributed by atoms with E-state index in [9.17, 15) is 4.79 Å². The normalized spacial score (nSPS) is 11.3. The number of ether oxygens (including phenoxy) is 1. The van der Waals surface area contributed by atoms with Gasteiger partial charge in [-0.15, -0.1) is 0 Å². The van der Waals surface area contributed by atoms with Crippen molar-refractivity contribution >= 4 is 5.91 Å². The molecular weight excluding hydrogens is 288 g/mol. The Labute approximate surface area is 141 Å². The first-order valence-corrected chi connectivity index (χ1v) is 8.64. The maximum absolute atomic E-state index is 11.7. The number of rotatable bonds is 10. The van der Waals surface area contributed by atoms with Crippen LogP contribution in [0.4, 0.5) is 0 Å². The van der Waals surface area contributed by atoms with Crippen molar-refractivity contribution in [1.29, 1.82) is 0 Å². The summed E-state index contributed by atoms with van der Waals surface area (Å²) in [7, 11) is 0. The number of carbonyl (C=O) groups excluding carboxylic acids is 1. The minimum absolute atomic E-state index is 0.0479. The predicted molar refractivity (Wildman–Crippen MR) is 95.7 cm³/mol. The van der Waals surface area contributed by atoms with Gasteiger partial charge in [-0.3, -0.25) is 4.79 Å². The fourth-order valence-electron chi connectivity index (χ4n) is 2.22. The molecule has 1 aromatic rings. The van der Waals surface area contributed by atoms with Gasteiger partial charge in [0.15, 0.2) is 6.61 Å². The smallest absolute Gasteiger partial charge is 0.258 e. The molecule has 0 radical (unpaired) electrons. The van der Waals surface area contributed by atoms with Crippen LogP contribution in [0.3, 0.4) is 0 Å². The molecule has 0 spiro atoms. The van der Waals surface area contributed by atoms with Crippen molar-refractivity contribution in [1.82, 2.24) is 10.6 Å². The molecule has 0 aliphatic rings. The Morgan fingerprint density at radius 1 is 1.09 bits per heavy atom. The van der Waals surface area contributed by atoms with E-state index in [1.54, 1.807) is 0 Å². The van der Waals surface area contributed by atoms with Crippen molar-refractivity contribution in [3.05, 3.63) is 29.8 Å². The Bertz CT molecular complexity index is 449. The van der Waals surface area contributed by atoms with Crippen LogP contribution < -0.4 is 15.4 Å². The molecule has 0 aromatic heterocycles. The maximum Gasteiger partial charge on any atom is 0.258 e. The van der Waals surface area contributed by atoms with Gasteiger partial charge in [0.05, 0.1) is 0 Å². The summed E-state index contributed by atoms with van der Waals surface area (Å²) in [5, 5.41) is 6.33. The molecule has 0 saturated carbocycles. The Morgan fingerprint density at radius 3 is 2.39 bits per heavy atom. The van der Waals surface area contributed by atoms with Gasteiger partial charge in [-0.2, -0.15) is 0 Å². The van der Waals surface area contributed by atoms with E-state index in [0.717, 1.165) is 18.8 Å². The zero-order valence-electron chi connectivity index (χ0n) is 15.1. The number of nitrogens with one attached hydrogen (secondary N) is 2. The van der Waals surface area contributed by atoms with Gasteiger partial charge in [0, 0.05) is 12.1 Å². The van der Waals surface area contributed by atoms with Crippen LogP contribution in [-0.2, 0) is 11.3 Å². The van der Waals surface area contributed by atoms with Gasteiger partial charge in [0.1, 0.15) is 5.75 Å². The highest BCUT2D eigenvalue weighted by Gasteiger charge is 2.13. The molecular formula is C19H32N2O2. The second kappa shape index (κ2) is 10.3. The van der Waals surface area contributed by atoms with Gasteiger partial charge < -0.3 is 15.4 Å². The average molecular weight is 320 g/mol. The molecule has 1 aromatic carbocycles. The lowest BCUT2D eigenvalue weighted by atomic mass is 10.1. The third-order valence-electron chi connectivity index (χ3n) is 3.34. The highest BCUT2D eigenvalue weighted by Crippen LogP contribution is 2.12. The van der Waals surface area contributed by atoms with E-state index in [1.807, 2.05) is 45.0 Å². The zero-order chi connectivity index (χ0) is 17.1. The van der Waals surface area contributed by atoms with Crippen LogP contribution in [0.15, 0.2) is 24.3 Å². The van der Waals surface area contributed by atoms with E-state index in [-0.39, 0.29) is 18.1 Å². The van der Waals surface area contributed by atoms with Gasteiger partial charge in [-0.05, 0) is 51.4 Å². The summed E-state index contributed by atoms with van der Waals surface area (Å²) in [6.07, 6.45) is 5.12. The second-order valence-corrected chi connectivity index (χ2v) is 6.97. The van der Waals surface area contributed by atoms with E-state index in [1.165, 1.54) is 31.2 Å². The highest BCUT2D eigenvalue weighted by atomic mass is 16.5. The fraction of sp³-hybridized carbons (Fsp3) is 0.632. The van der Waals surface area contributed by atoms with Crippen molar-refractivity contribution < 1.29 is 9.53 Å². The number of unbranched alkanes of at least 4 members (excludes halogenated alkanes) is 3. The number of hydrogen-bond donors (Lipinski definition) is 2. The van der Waals surface area contributed by atoms with Crippen molar-refractivity contribution in [3.8, 4) is 5.75 Å². The molecule has 0 fully saturated rings. The van der Waals surface area contributed by atoms with Crippen LogP contribution in [0.5, 0.6) is 5.75 Å². The summed E-state index contributed by atoms with van der Waals surface area (Å²) in [6.45, 7) is 10.1. The first kappa shape index (κ1) is 19.5. The molecule has 0 heterocycles. The number of benzene rings is 1. The topological polar surface area (TPSA) is 50.4 Å². The summed E-state index contributed by atoms with van der Waals surface area (Å²) < 4.78 is 5.51. The molecule has 0 saturated heterocycles. The summed E-state index contributed by atoms with van der Waals surface area (Å²) in [5.41, 5.74) is 1.000. The minimum Gasteiger partial charge on any atom is -0.484 e. The third-order valence-corrected chi connectivity index (χ3v) is 3.34. The van der Waals surface area contributed by atoms with Crippen LogP contribution in [0.25, 0.3) is 0 Å². The number of carbonyl (C=O) groups is 1. The Hall–Kier alpha value is -1.55. The van der Waals surface area contributed by atoms with Gasteiger partial charge in [-0.25, -0.2) is 0 Å². The first-order valence-electron chi connectivity index (χ1n) is 8.64. The molecule has 130 valence electrons. The number of hydrogen-bond acceptors (Lipinski definition) is 3. The quantitative estimate of drug-likeness (QED) is 0.647. The standard InChI is InChI=1S/C19H32N2O2/c1-5-6-7-8-13-20-14-16-9-11-17(12-10-16)23-15-18(22)21-19(2,3)4/h9-12,20H,5-8,13-15H2,1-4H3,(H,21,22). The molecule has 0 unspecified atom stereocenters. The molecule has 2 N–H and O–H groups in total. The lowest BCUT2D eigenvalue weighted by Gasteiger charge is -2.20. The predicted octanol–water partition coefficient (Wildman–Crippen LogP) is 3.65. The molecule has 1 rings (SSSR count). The molecule has 4 heteroatoms. The van der Waals surface area contributed by atoms with Gasteiger partial charge in [0.25, 0.3) is 5.91 Å². The van der Waals surface area contributed by atoms with Crippen molar-refractivity contribution in [2.45, 2.75) is 65.5 Å². The van der Waals surface area contributed by atoms with Gasteiger partial charge >= 0.3 is 0 Å². The maximum atomic E-state index is 11.7. The lowest BCUT2D eigenvalue weighted by Crippen LogP contribution is -2.43. The summed E-state index contributed by atoms with van der Waals surface area (Å²) in [4.78, 5) is 11.7. The first-order chi connectivity index (χ1) is 10.9. The fourth-order valence-corrected chi connectivity index (χ4v) is 2.22.